The predicted octanol–water partition coefficient (Wildman–Crippen LogP) is 1.16. The number of nitrogens with one attached hydrogen (secondary N) is 1. The van der Waals surface area contributed by atoms with Gasteiger partial charge in [0.1, 0.15) is 6.29 Å². The van der Waals surface area contributed by atoms with E-state index in [4.69, 9.17) is 5.11 Å². The Morgan fingerprint density at radius 3 is 1.85 bits per heavy atom. The van der Waals surface area contributed by atoms with Crippen molar-refractivity contribution in [2.24, 2.45) is 5.92 Å². The minimum Gasteiger partial charge on any atom is -0.481 e. The summed E-state index contributed by atoms with van der Waals surface area (Å²) in [6.45, 7) is 5.57. The molecule has 0 aromatic carbocycles. The van der Waals surface area contributed by atoms with Gasteiger partial charge in [0, 0.05) is 5.92 Å². The molecule has 0 radical (unpaired) electrons. The van der Waals surface area contributed by atoms with Crippen molar-refractivity contribution in [1.82, 2.24) is 5.32 Å². The summed E-state index contributed by atoms with van der Waals surface area (Å²) < 4.78 is 0. The van der Waals surface area contributed by atoms with Gasteiger partial charge in [0.25, 0.3) is 0 Å². The van der Waals surface area contributed by atoms with E-state index in [9.17, 15) is 9.59 Å². The molecule has 2 N–H and O–H groups in total. The van der Waals surface area contributed by atoms with Gasteiger partial charge in [-0.1, -0.05) is 20.8 Å². The Morgan fingerprint density at radius 2 is 1.77 bits per heavy atom. The van der Waals surface area contributed by atoms with Gasteiger partial charge in [-0.25, -0.2) is 0 Å². The Labute approximate surface area is 80.3 Å². The Balaban J connectivity index is -0.000000169. The minimum absolute atomic E-state index is 0.0660. The summed E-state index contributed by atoms with van der Waals surface area (Å²) >= 11 is 0. The molecule has 0 aliphatic carbocycles. The van der Waals surface area contributed by atoms with Crippen LogP contribution in [-0.4, -0.2) is 31.5 Å². The maximum Gasteiger partial charge on any atom is 0.304 e. The molecular weight excluding hydrogens is 170 g/mol. The van der Waals surface area contributed by atoms with Gasteiger partial charge in [-0.15, -0.1) is 0 Å². The number of carbonyl (C=O) groups is 2. The second-order valence-corrected chi connectivity index (χ2v) is 2.21. The van der Waals surface area contributed by atoms with E-state index >= 15 is 0 Å². The second kappa shape index (κ2) is 17.3. The van der Waals surface area contributed by atoms with Crippen LogP contribution in [0.2, 0.25) is 0 Å². The predicted molar refractivity (Wildman–Crippen MR) is 53.8 cm³/mol. The van der Waals surface area contributed by atoms with Crippen molar-refractivity contribution in [2.45, 2.75) is 27.2 Å². The zero-order valence-electron chi connectivity index (χ0n) is 9.13. The fraction of sp³-hybridized carbons (Fsp3) is 0.778. The van der Waals surface area contributed by atoms with Crippen molar-refractivity contribution in [2.75, 3.05) is 14.1 Å². The molecule has 4 heteroatoms. The Bertz CT molecular complexity index is 115. The lowest BCUT2D eigenvalue weighted by molar-refractivity contribution is -0.139. The van der Waals surface area contributed by atoms with E-state index in [-0.39, 0.29) is 12.3 Å². The molecule has 0 heterocycles. The number of carboxylic acid groups (broad SMARTS) is 1. The monoisotopic (exact) mass is 191 g/mol. The zero-order chi connectivity index (χ0) is 11.3. The van der Waals surface area contributed by atoms with Gasteiger partial charge in [-0.2, -0.15) is 0 Å². The number of aldehydes is 1. The lowest BCUT2D eigenvalue weighted by Crippen LogP contribution is -2.04. The maximum absolute atomic E-state index is 9.81. The van der Waals surface area contributed by atoms with Gasteiger partial charge < -0.3 is 15.2 Å². The Morgan fingerprint density at radius 1 is 1.46 bits per heavy atom. The fourth-order valence-corrected chi connectivity index (χ4v) is 0.324. The van der Waals surface area contributed by atoms with E-state index in [1.807, 2.05) is 27.9 Å². The molecular formula is C9H21NO3. The van der Waals surface area contributed by atoms with Crippen molar-refractivity contribution in [3.63, 3.8) is 0 Å². The van der Waals surface area contributed by atoms with Crippen molar-refractivity contribution < 1.29 is 14.7 Å². The lowest BCUT2D eigenvalue weighted by Gasteiger charge is -1.93. The number of aliphatic carboxylic acids is 1. The summed E-state index contributed by atoms with van der Waals surface area (Å²) in [5, 5.41) is 10.8. The van der Waals surface area contributed by atoms with Crippen LogP contribution in [0.25, 0.3) is 0 Å². The van der Waals surface area contributed by atoms with E-state index in [1.54, 1.807) is 6.92 Å². The standard InChI is InChI=1S/C5H8O3.C2H7N.C2H6/c1-4(3-6)2-5(7)8;1-3-2;1-2/h3-4H,2H2,1H3,(H,7,8);3H,1-2H3;1-2H3. The molecule has 0 amide bonds. The third kappa shape index (κ3) is 35.3. The average Bonchev–Trinajstić information content (AvgIpc) is 2.08. The molecule has 0 fully saturated rings. The molecule has 0 aliphatic rings. The summed E-state index contributed by atoms with van der Waals surface area (Å²) in [5.74, 6) is -1.28. The van der Waals surface area contributed by atoms with E-state index < -0.39 is 5.97 Å². The SMILES string of the molecule is CC.CC(C=O)CC(=O)O.CNC. The van der Waals surface area contributed by atoms with Crippen molar-refractivity contribution >= 4 is 12.3 Å². The summed E-state index contributed by atoms with van der Waals surface area (Å²) in [4.78, 5) is 19.6. The average molecular weight is 191 g/mol. The van der Waals surface area contributed by atoms with Crippen LogP contribution in [0.1, 0.15) is 27.2 Å². The van der Waals surface area contributed by atoms with Gasteiger partial charge >= 0.3 is 5.97 Å². The number of hydrogen-bond donors (Lipinski definition) is 2. The molecule has 80 valence electrons. The van der Waals surface area contributed by atoms with Crippen LogP contribution in [0.3, 0.4) is 0 Å². The number of rotatable bonds is 3. The van der Waals surface area contributed by atoms with Gasteiger partial charge in [-0.05, 0) is 14.1 Å². The number of carboxylic acids is 1. The van der Waals surface area contributed by atoms with Gasteiger partial charge in [0.15, 0.2) is 0 Å². The topological polar surface area (TPSA) is 66.4 Å². The highest BCUT2D eigenvalue weighted by molar-refractivity contribution is 5.71. The molecule has 0 aromatic heterocycles. The Hall–Kier alpha value is -0.900. The van der Waals surface area contributed by atoms with E-state index in [0.717, 1.165) is 0 Å². The quantitative estimate of drug-likeness (QED) is 0.657. The van der Waals surface area contributed by atoms with Gasteiger partial charge in [-0.3, -0.25) is 4.79 Å². The molecule has 0 rings (SSSR count). The van der Waals surface area contributed by atoms with Crippen molar-refractivity contribution in [3.05, 3.63) is 0 Å². The van der Waals surface area contributed by atoms with Crippen LogP contribution in [0, 0.1) is 5.92 Å². The highest BCUT2D eigenvalue weighted by atomic mass is 16.4. The second-order valence-electron chi connectivity index (χ2n) is 2.21. The van der Waals surface area contributed by atoms with Crippen LogP contribution < -0.4 is 5.32 Å². The van der Waals surface area contributed by atoms with Crippen LogP contribution >= 0.6 is 0 Å². The number of hydrogen-bond acceptors (Lipinski definition) is 3. The van der Waals surface area contributed by atoms with Crippen molar-refractivity contribution in [3.8, 4) is 0 Å². The van der Waals surface area contributed by atoms with Crippen LogP contribution in [0.4, 0.5) is 0 Å². The molecule has 13 heavy (non-hydrogen) atoms. The number of carbonyl (C=O) groups excluding carboxylic acids is 1. The van der Waals surface area contributed by atoms with Crippen LogP contribution in [-0.2, 0) is 9.59 Å². The third-order valence-corrected chi connectivity index (χ3v) is 0.729. The first-order chi connectivity index (χ1) is 6.08. The van der Waals surface area contributed by atoms with Crippen molar-refractivity contribution in [1.29, 1.82) is 0 Å². The van der Waals surface area contributed by atoms with E-state index in [1.165, 1.54) is 0 Å². The molecule has 1 atom stereocenters. The molecule has 0 spiro atoms. The summed E-state index contributed by atoms with van der Waals surface area (Å²) in [6.07, 6.45) is 0.567. The van der Waals surface area contributed by atoms with E-state index in [0.29, 0.717) is 6.29 Å². The molecule has 0 bridgehead atoms. The normalized spacial score (nSPS) is 9.62. The fourth-order valence-electron chi connectivity index (χ4n) is 0.324. The van der Waals surface area contributed by atoms with E-state index in [2.05, 4.69) is 5.32 Å². The van der Waals surface area contributed by atoms with Crippen LogP contribution in [0.15, 0.2) is 0 Å². The first-order valence-corrected chi connectivity index (χ1v) is 4.34. The summed E-state index contributed by atoms with van der Waals surface area (Å²) in [7, 11) is 3.75. The summed E-state index contributed by atoms with van der Waals surface area (Å²) in [5.41, 5.74) is 0. The maximum atomic E-state index is 9.81. The first-order valence-electron chi connectivity index (χ1n) is 4.34. The zero-order valence-corrected chi connectivity index (χ0v) is 9.13. The first kappa shape index (κ1) is 18.0. The summed E-state index contributed by atoms with van der Waals surface area (Å²) in [6, 6.07) is 0. The van der Waals surface area contributed by atoms with Gasteiger partial charge in [0.2, 0.25) is 0 Å². The van der Waals surface area contributed by atoms with Gasteiger partial charge in [0.05, 0.1) is 6.42 Å². The molecule has 1 unspecified atom stereocenters. The lowest BCUT2D eigenvalue weighted by atomic mass is 10.1. The third-order valence-electron chi connectivity index (χ3n) is 0.729. The highest BCUT2D eigenvalue weighted by Gasteiger charge is 2.03. The molecule has 0 saturated heterocycles. The highest BCUT2D eigenvalue weighted by Crippen LogP contribution is 1.94. The largest absolute Gasteiger partial charge is 0.481 e. The molecule has 0 saturated carbocycles. The smallest absolute Gasteiger partial charge is 0.304 e. The molecule has 0 aliphatic heterocycles. The van der Waals surface area contributed by atoms with Crippen LogP contribution in [0.5, 0.6) is 0 Å². The molecule has 0 aromatic rings. The molecule has 4 nitrogen and oxygen atoms in total. The minimum atomic E-state index is -0.926. The Kier molecular flexibility index (Phi) is 23.9.